The van der Waals surface area contributed by atoms with E-state index in [4.69, 9.17) is 10.00 Å². The van der Waals surface area contributed by atoms with Gasteiger partial charge in [0.1, 0.15) is 0 Å². The first-order chi connectivity index (χ1) is 8.86. The van der Waals surface area contributed by atoms with Crippen LogP contribution in [0.5, 0.6) is 0 Å². The van der Waals surface area contributed by atoms with Gasteiger partial charge in [0.05, 0.1) is 12.7 Å². The van der Waals surface area contributed by atoms with Crippen LogP contribution in [0.1, 0.15) is 18.4 Å². The molecule has 0 fully saturated rings. The zero-order valence-corrected chi connectivity index (χ0v) is 11.1. The monoisotopic (exact) mass is 246 g/mol. The second-order valence-electron chi connectivity index (χ2n) is 4.33. The lowest BCUT2D eigenvalue weighted by molar-refractivity contribution is 0.148. The van der Waals surface area contributed by atoms with E-state index in [0.29, 0.717) is 6.42 Å². The molecular formula is C15H22N2O. The number of rotatable bonds is 9. The van der Waals surface area contributed by atoms with Gasteiger partial charge in [0.2, 0.25) is 0 Å². The SMILES string of the molecule is COCCN(CCC#N)CCCc1ccccc1. The van der Waals surface area contributed by atoms with Gasteiger partial charge in [-0.25, -0.2) is 0 Å². The molecule has 0 unspecified atom stereocenters. The first kappa shape index (κ1) is 14.7. The van der Waals surface area contributed by atoms with Gasteiger partial charge in [-0.1, -0.05) is 30.3 Å². The van der Waals surface area contributed by atoms with Crippen LogP contribution in [0.4, 0.5) is 0 Å². The molecule has 0 bridgehead atoms. The average Bonchev–Trinajstić information content (AvgIpc) is 2.42. The van der Waals surface area contributed by atoms with E-state index < -0.39 is 0 Å². The fraction of sp³-hybridized carbons (Fsp3) is 0.533. The van der Waals surface area contributed by atoms with Gasteiger partial charge in [0, 0.05) is 26.6 Å². The van der Waals surface area contributed by atoms with Crippen molar-refractivity contribution in [3.63, 3.8) is 0 Å². The van der Waals surface area contributed by atoms with Crippen LogP contribution in [0.15, 0.2) is 30.3 Å². The molecular weight excluding hydrogens is 224 g/mol. The number of hydrogen-bond donors (Lipinski definition) is 0. The highest BCUT2D eigenvalue weighted by atomic mass is 16.5. The van der Waals surface area contributed by atoms with Crippen molar-refractivity contribution < 1.29 is 4.74 Å². The maximum absolute atomic E-state index is 8.64. The van der Waals surface area contributed by atoms with E-state index in [9.17, 15) is 0 Å². The van der Waals surface area contributed by atoms with E-state index in [1.54, 1.807) is 7.11 Å². The lowest BCUT2D eigenvalue weighted by Gasteiger charge is -2.20. The van der Waals surface area contributed by atoms with Crippen molar-refractivity contribution >= 4 is 0 Å². The summed E-state index contributed by atoms with van der Waals surface area (Å²) in [6, 6.07) is 12.7. The largest absolute Gasteiger partial charge is 0.383 e. The molecule has 0 saturated carbocycles. The summed E-state index contributed by atoms with van der Waals surface area (Å²) in [6.07, 6.45) is 2.81. The molecule has 0 aliphatic heterocycles. The molecule has 0 N–H and O–H groups in total. The topological polar surface area (TPSA) is 36.3 Å². The Labute approximate surface area is 110 Å². The molecule has 0 aliphatic rings. The summed E-state index contributed by atoms with van der Waals surface area (Å²) in [4.78, 5) is 2.30. The van der Waals surface area contributed by atoms with Crippen LogP contribution in [0.25, 0.3) is 0 Å². The lowest BCUT2D eigenvalue weighted by atomic mass is 10.1. The highest BCUT2D eigenvalue weighted by Gasteiger charge is 2.04. The fourth-order valence-electron chi connectivity index (χ4n) is 1.92. The van der Waals surface area contributed by atoms with Gasteiger partial charge in [0.15, 0.2) is 0 Å². The summed E-state index contributed by atoms with van der Waals surface area (Å²) in [6.45, 7) is 3.51. The zero-order chi connectivity index (χ0) is 13.1. The van der Waals surface area contributed by atoms with Crippen molar-refractivity contribution in [2.24, 2.45) is 0 Å². The Kier molecular flexibility index (Phi) is 7.87. The highest BCUT2D eigenvalue weighted by molar-refractivity contribution is 5.14. The minimum atomic E-state index is 0.592. The van der Waals surface area contributed by atoms with Gasteiger partial charge >= 0.3 is 0 Å². The Morgan fingerprint density at radius 2 is 1.94 bits per heavy atom. The molecule has 3 nitrogen and oxygen atoms in total. The Morgan fingerprint density at radius 3 is 2.61 bits per heavy atom. The molecule has 1 aromatic carbocycles. The van der Waals surface area contributed by atoms with E-state index in [1.807, 2.05) is 6.07 Å². The zero-order valence-electron chi connectivity index (χ0n) is 11.1. The van der Waals surface area contributed by atoms with Gasteiger partial charge in [-0.2, -0.15) is 5.26 Å². The van der Waals surface area contributed by atoms with Gasteiger partial charge in [-0.15, -0.1) is 0 Å². The predicted octanol–water partition coefficient (Wildman–Crippen LogP) is 2.48. The van der Waals surface area contributed by atoms with Crippen LogP contribution in [-0.2, 0) is 11.2 Å². The molecule has 0 atom stereocenters. The Morgan fingerprint density at radius 1 is 1.17 bits per heavy atom. The van der Waals surface area contributed by atoms with Gasteiger partial charge in [0.25, 0.3) is 0 Å². The second kappa shape index (κ2) is 9.64. The molecule has 0 amide bonds. The van der Waals surface area contributed by atoms with Crippen molar-refractivity contribution in [1.82, 2.24) is 4.90 Å². The van der Waals surface area contributed by atoms with Crippen molar-refractivity contribution in [1.29, 1.82) is 5.26 Å². The standard InChI is InChI=1S/C15H22N2O/c1-18-14-13-17(12-6-10-16)11-5-9-15-7-3-2-4-8-15/h2-4,7-8H,5-6,9,11-14H2,1H3. The number of nitriles is 1. The van der Waals surface area contributed by atoms with Crippen molar-refractivity contribution in [3.05, 3.63) is 35.9 Å². The van der Waals surface area contributed by atoms with Gasteiger partial charge in [-0.3, -0.25) is 0 Å². The van der Waals surface area contributed by atoms with Crippen molar-refractivity contribution in [2.75, 3.05) is 33.4 Å². The number of hydrogen-bond acceptors (Lipinski definition) is 3. The minimum Gasteiger partial charge on any atom is -0.383 e. The Bertz CT molecular complexity index is 345. The van der Waals surface area contributed by atoms with E-state index >= 15 is 0 Å². The van der Waals surface area contributed by atoms with Gasteiger partial charge in [-0.05, 0) is 24.9 Å². The summed E-state index contributed by atoms with van der Waals surface area (Å²) >= 11 is 0. The first-order valence-corrected chi connectivity index (χ1v) is 6.49. The van der Waals surface area contributed by atoms with E-state index in [2.05, 4.69) is 35.2 Å². The smallest absolute Gasteiger partial charge is 0.0635 e. The molecule has 0 spiro atoms. The third-order valence-corrected chi connectivity index (χ3v) is 2.93. The van der Waals surface area contributed by atoms with Crippen LogP contribution in [-0.4, -0.2) is 38.3 Å². The normalized spacial score (nSPS) is 10.5. The average molecular weight is 246 g/mol. The van der Waals surface area contributed by atoms with E-state index in [0.717, 1.165) is 39.1 Å². The molecule has 0 radical (unpaired) electrons. The summed E-state index contributed by atoms with van der Waals surface area (Å²) in [5.74, 6) is 0. The Balaban J connectivity index is 2.25. The van der Waals surface area contributed by atoms with Crippen LogP contribution in [0.3, 0.4) is 0 Å². The quantitative estimate of drug-likeness (QED) is 0.671. The second-order valence-corrected chi connectivity index (χ2v) is 4.33. The molecule has 1 aromatic rings. The highest BCUT2D eigenvalue weighted by Crippen LogP contribution is 2.04. The van der Waals surface area contributed by atoms with Crippen LogP contribution in [0.2, 0.25) is 0 Å². The molecule has 0 aromatic heterocycles. The maximum Gasteiger partial charge on any atom is 0.0635 e. The number of nitrogens with zero attached hydrogens (tertiary/aromatic N) is 2. The van der Waals surface area contributed by atoms with Crippen LogP contribution < -0.4 is 0 Å². The third kappa shape index (κ3) is 6.39. The first-order valence-electron chi connectivity index (χ1n) is 6.49. The van der Waals surface area contributed by atoms with E-state index in [1.165, 1.54) is 5.56 Å². The molecule has 3 heteroatoms. The molecule has 98 valence electrons. The van der Waals surface area contributed by atoms with Crippen LogP contribution >= 0.6 is 0 Å². The fourth-order valence-corrected chi connectivity index (χ4v) is 1.92. The number of ether oxygens (including phenoxy) is 1. The number of methoxy groups -OCH3 is 1. The lowest BCUT2D eigenvalue weighted by Crippen LogP contribution is -2.29. The molecule has 0 aliphatic carbocycles. The summed E-state index contributed by atoms with van der Waals surface area (Å²) in [5.41, 5.74) is 1.38. The Hall–Kier alpha value is -1.37. The summed E-state index contributed by atoms with van der Waals surface area (Å²) in [7, 11) is 1.71. The molecule has 0 saturated heterocycles. The maximum atomic E-state index is 8.64. The minimum absolute atomic E-state index is 0.592. The number of aryl methyl sites for hydroxylation is 1. The van der Waals surface area contributed by atoms with Crippen molar-refractivity contribution in [3.8, 4) is 6.07 Å². The number of benzene rings is 1. The van der Waals surface area contributed by atoms with Crippen LogP contribution in [0, 0.1) is 11.3 Å². The molecule has 1 rings (SSSR count). The third-order valence-electron chi connectivity index (χ3n) is 2.93. The predicted molar refractivity (Wildman–Crippen MR) is 73.3 cm³/mol. The molecule has 18 heavy (non-hydrogen) atoms. The van der Waals surface area contributed by atoms with Crippen molar-refractivity contribution in [2.45, 2.75) is 19.3 Å². The summed E-state index contributed by atoms with van der Waals surface area (Å²) < 4.78 is 5.09. The van der Waals surface area contributed by atoms with Gasteiger partial charge < -0.3 is 9.64 Å². The molecule has 0 heterocycles. The van der Waals surface area contributed by atoms with E-state index in [-0.39, 0.29) is 0 Å². The summed E-state index contributed by atoms with van der Waals surface area (Å²) in [5, 5.41) is 8.64.